The van der Waals surface area contributed by atoms with E-state index >= 15 is 0 Å². The van der Waals surface area contributed by atoms with Crippen molar-refractivity contribution in [1.82, 2.24) is 5.32 Å². The minimum absolute atomic E-state index is 0.348. The average Bonchev–Trinajstić information content (AvgIpc) is 2.29. The highest BCUT2D eigenvalue weighted by molar-refractivity contribution is 5.93. The second kappa shape index (κ2) is 6.68. The predicted octanol–water partition coefficient (Wildman–Crippen LogP) is 1.77. The fourth-order valence-electron chi connectivity index (χ4n) is 1.58. The summed E-state index contributed by atoms with van der Waals surface area (Å²) < 4.78 is 0. The molecule has 4 nitrogen and oxygen atoms in total. The molecular formula is C13H17NO3. The molecule has 17 heavy (non-hydrogen) atoms. The Kier molecular flexibility index (Phi) is 5.20. The van der Waals surface area contributed by atoms with Gasteiger partial charge >= 0.3 is 5.97 Å². The van der Waals surface area contributed by atoms with Crippen molar-refractivity contribution in [3.8, 4) is 0 Å². The summed E-state index contributed by atoms with van der Waals surface area (Å²) in [5, 5.41) is 11.0. The summed E-state index contributed by atoms with van der Waals surface area (Å²) in [6, 6.07) is 10.0. The lowest BCUT2D eigenvalue weighted by Gasteiger charge is -2.11. The zero-order chi connectivity index (χ0) is 12.7. The summed E-state index contributed by atoms with van der Waals surface area (Å²) in [5.74, 6) is -1.18. The molecule has 2 N–H and O–H groups in total. The van der Waals surface area contributed by atoms with Gasteiger partial charge in [0.25, 0.3) is 0 Å². The van der Waals surface area contributed by atoms with E-state index in [1.165, 1.54) is 5.56 Å². The van der Waals surface area contributed by atoms with Crippen molar-refractivity contribution in [1.29, 1.82) is 0 Å². The topological polar surface area (TPSA) is 66.4 Å². The molecule has 0 heterocycles. The molecule has 1 amide bonds. The number of rotatable bonds is 6. The van der Waals surface area contributed by atoms with Crippen molar-refractivity contribution in [2.45, 2.75) is 25.7 Å². The first-order valence-corrected chi connectivity index (χ1v) is 5.63. The van der Waals surface area contributed by atoms with Crippen molar-refractivity contribution in [3.05, 3.63) is 35.9 Å². The fraction of sp³-hybridized carbons (Fsp3) is 0.385. The quantitative estimate of drug-likeness (QED) is 0.738. The number of benzene rings is 1. The highest BCUT2D eigenvalue weighted by Gasteiger charge is 2.08. The molecule has 0 bridgehead atoms. The Morgan fingerprint density at radius 3 is 2.53 bits per heavy atom. The van der Waals surface area contributed by atoms with Gasteiger partial charge in [0.2, 0.25) is 5.91 Å². The van der Waals surface area contributed by atoms with Crippen LogP contribution in [0.15, 0.2) is 30.3 Å². The second-order valence-electron chi connectivity index (χ2n) is 4.02. The summed E-state index contributed by atoms with van der Waals surface area (Å²) in [5.41, 5.74) is 1.22. The third-order valence-corrected chi connectivity index (χ3v) is 2.58. The summed E-state index contributed by atoms with van der Waals surface area (Å²) in [7, 11) is 0. The summed E-state index contributed by atoms with van der Waals surface area (Å²) in [6.07, 6.45) is 0.342. The van der Waals surface area contributed by atoms with Gasteiger partial charge in [0.1, 0.15) is 6.42 Å². The molecule has 1 aromatic carbocycles. The molecule has 0 aliphatic carbocycles. The van der Waals surface area contributed by atoms with E-state index in [4.69, 9.17) is 5.11 Å². The molecule has 1 atom stereocenters. The number of hydrogen-bond acceptors (Lipinski definition) is 2. The normalized spacial score (nSPS) is 11.8. The Bertz CT molecular complexity index is 376. The minimum atomic E-state index is -1.10. The lowest BCUT2D eigenvalue weighted by Crippen LogP contribution is -2.27. The van der Waals surface area contributed by atoms with E-state index in [0.717, 1.165) is 6.42 Å². The molecule has 92 valence electrons. The number of carboxylic acid groups (broad SMARTS) is 1. The lowest BCUT2D eigenvalue weighted by atomic mass is 9.98. The Balaban J connectivity index is 2.27. The zero-order valence-corrected chi connectivity index (χ0v) is 9.85. The minimum Gasteiger partial charge on any atom is -0.481 e. The first kappa shape index (κ1) is 13.2. The van der Waals surface area contributed by atoms with E-state index < -0.39 is 18.3 Å². The van der Waals surface area contributed by atoms with Crippen molar-refractivity contribution in [3.63, 3.8) is 0 Å². The summed E-state index contributed by atoms with van der Waals surface area (Å²) in [4.78, 5) is 21.3. The molecule has 0 saturated carbocycles. The maximum absolute atomic E-state index is 11.1. The molecule has 4 heteroatoms. The van der Waals surface area contributed by atoms with Gasteiger partial charge in [0, 0.05) is 6.54 Å². The van der Waals surface area contributed by atoms with Crippen LogP contribution in [0.25, 0.3) is 0 Å². The van der Waals surface area contributed by atoms with Gasteiger partial charge in [-0.1, -0.05) is 37.3 Å². The number of nitrogens with one attached hydrogen (secondary N) is 1. The highest BCUT2D eigenvalue weighted by atomic mass is 16.4. The van der Waals surface area contributed by atoms with Crippen molar-refractivity contribution in [2.75, 3.05) is 6.54 Å². The van der Waals surface area contributed by atoms with Gasteiger partial charge in [-0.15, -0.1) is 0 Å². The first-order valence-electron chi connectivity index (χ1n) is 5.63. The third kappa shape index (κ3) is 5.15. The predicted molar refractivity (Wildman–Crippen MR) is 64.7 cm³/mol. The average molecular weight is 235 g/mol. The fourth-order valence-corrected chi connectivity index (χ4v) is 1.58. The standard InChI is InChI=1S/C13H17NO3/c1-10(11-5-3-2-4-6-11)7-8-14-12(15)9-13(16)17/h2-6,10H,7-9H2,1H3,(H,14,15)(H,16,17). The van der Waals surface area contributed by atoms with Crippen molar-refractivity contribution < 1.29 is 14.7 Å². The molecule has 0 aromatic heterocycles. The number of carboxylic acids is 1. The molecule has 1 rings (SSSR count). The van der Waals surface area contributed by atoms with Gasteiger partial charge < -0.3 is 10.4 Å². The third-order valence-electron chi connectivity index (χ3n) is 2.58. The van der Waals surface area contributed by atoms with Crippen LogP contribution in [0.2, 0.25) is 0 Å². The molecule has 0 saturated heterocycles. The Morgan fingerprint density at radius 2 is 1.94 bits per heavy atom. The van der Waals surface area contributed by atoms with E-state index in [1.807, 2.05) is 30.3 Å². The Labute approximate surface area is 101 Å². The highest BCUT2D eigenvalue weighted by Crippen LogP contribution is 2.17. The number of carbonyl (C=O) groups excluding carboxylic acids is 1. The first-order chi connectivity index (χ1) is 8.09. The Hall–Kier alpha value is -1.84. The van der Waals surface area contributed by atoms with E-state index in [0.29, 0.717) is 12.5 Å². The van der Waals surface area contributed by atoms with Crippen LogP contribution in [0.1, 0.15) is 31.2 Å². The molecule has 1 unspecified atom stereocenters. The van der Waals surface area contributed by atoms with E-state index in [-0.39, 0.29) is 0 Å². The number of hydrogen-bond donors (Lipinski definition) is 2. The largest absolute Gasteiger partial charge is 0.481 e. The van der Waals surface area contributed by atoms with Gasteiger partial charge in [-0.05, 0) is 17.9 Å². The van der Waals surface area contributed by atoms with Crippen LogP contribution < -0.4 is 5.32 Å². The smallest absolute Gasteiger partial charge is 0.312 e. The second-order valence-corrected chi connectivity index (χ2v) is 4.02. The number of aliphatic carboxylic acids is 1. The van der Waals surface area contributed by atoms with Crippen LogP contribution in [0.3, 0.4) is 0 Å². The number of amides is 1. The van der Waals surface area contributed by atoms with Crippen LogP contribution in [0.4, 0.5) is 0 Å². The molecule has 0 spiro atoms. The zero-order valence-electron chi connectivity index (χ0n) is 9.85. The maximum atomic E-state index is 11.1. The van der Waals surface area contributed by atoms with E-state index in [9.17, 15) is 9.59 Å². The van der Waals surface area contributed by atoms with Crippen LogP contribution in [-0.4, -0.2) is 23.5 Å². The van der Waals surface area contributed by atoms with Crippen LogP contribution >= 0.6 is 0 Å². The van der Waals surface area contributed by atoms with Crippen molar-refractivity contribution in [2.24, 2.45) is 0 Å². The molecule has 0 aliphatic heterocycles. The van der Waals surface area contributed by atoms with Crippen LogP contribution in [0.5, 0.6) is 0 Å². The van der Waals surface area contributed by atoms with Crippen LogP contribution in [0, 0.1) is 0 Å². The molecule has 0 aliphatic rings. The van der Waals surface area contributed by atoms with Crippen molar-refractivity contribution >= 4 is 11.9 Å². The van der Waals surface area contributed by atoms with Gasteiger partial charge in [0.05, 0.1) is 0 Å². The monoisotopic (exact) mass is 235 g/mol. The maximum Gasteiger partial charge on any atom is 0.312 e. The molecular weight excluding hydrogens is 218 g/mol. The van der Waals surface area contributed by atoms with E-state index in [2.05, 4.69) is 12.2 Å². The Morgan fingerprint density at radius 1 is 1.29 bits per heavy atom. The van der Waals surface area contributed by atoms with Gasteiger partial charge in [-0.3, -0.25) is 9.59 Å². The molecule has 0 fully saturated rings. The van der Waals surface area contributed by atoms with Gasteiger partial charge in [-0.2, -0.15) is 0 Å². The SMILES string of the molecule is CC(CCNC(=O)CC(=O)O)c1ccccc1. The van der Waals surface area contributed by atoms with Gasteiger partial charge in [0.15, 0.2) is 0 Å². The summed E-state index contributed by atoms with van der Waals surface area (Å²) in [6.45, 7) is 2.58. The van der Waals surface area contributed by atoms with E-state index in [1.54, 1.807) is 0 Å². The molecule has 1 aromatic rings. The summed E-state index contributed by atoms with van der Waals surface area (Å²) >= 11 is 0. The molecule has 0 radical (unpaired) electrons. The van der Waals surface area contributed by atoms with Crippen LogP contribution in [-0.2, 0) is 9.59 Å². The number of carbonyl (C=O) groups is 2. The lowest BCUT2D eigenvalue weighted by molar-refractivity contribution is -0.140. The van der Waals surface area contributed by atoms with Gasteiger partial charge in [-0.25, -0.2) is 0 Å².